The molecular weight excluding hydrogens is 739 g/mol. The Morgan fingerprint density at radius 1 is 0.576 bits per heavy atom. The number of nitrogens with zero attached hydrogens (tertiary/aromatic N) is 1. The highest BCUT2D eigenvalue weighted by atomic mass is 32.1. The topological polar surface area (TPSA) is 29.5 Å². The molecule has 8 aromatic carbocycles. The van der Waals surface area contributed by atoms with Crippen LogP contribution in [0.15, 0.2) is 173 Å². The molecule has 0 bridgehead atoms. The number of rotatable bonds is 4. The molecule has 59 heavy (non-hydrogen) atoms. The van der Waals surface area contributed by atoms with Gasteiger partial charge in [0.05, 0.1) is 6.04 Å². The number of para-hydroxylation sites is 3. The highest BCUT2D eigenvalue weighted by Crippen LogP contribution is 2.57. The predicted octanol–water partition coefficient (Wildman–Crippen LogP) is 15.6. The van der Waals surface area contributed by atoms with E-state index in [0.29, 0.717) is 0 Å². The summed E-state index contributed by atoms with van der Waals surface area (Å²) >= 11 is 1.90. The van der Waals surface area contributed by atoms with E-state index in [-0.39, 0.29) is 11.5 Å². The predicted molar refractivity (Wildman–Crippen MR) is 248 cm³/mol. The first-order chi connectivity index (χ1) is 29.0. The Hall–Kier alpha value is -6.88. The van der Waals surface area contributed by atoms with Gasteiger partial charge in [0.1, 0.15) is 22.3 Å². The molecule has 2 aliphatic carbocycles. The molecule has 0 amide bonds. The zero-order valence-electron chi connectivity index (χ0n) is 32.6. The molecule has 0 saturated heterocycles. The second-order valence-electron chi connectivity index (χ2n) is 16.7. The van der Waals surface area contributed by atoms with Crippen molar-refractivity contribution in [3.63, 3.8) is 0 Å². The molecule has 1 atom stereocenters. The lowest BCUT2D eigenvalue weighted by molar-refractivity contribution is 0.657. The van der Waals surface area contributed by atoms with E-state index in [2.05, 4.69) is 183 Å². The minimum atomic E-state index is -0.245. The molecule has 0 fully saturated rings. The molecule has 2 aliphatic rings. The van der Waals surface area contributed by atoms with Crippen molar-refractivity contribution < 1.29 is 8.83 Å². The Bertz CT molecular complexity index is 3580. The van der Waals surface area contributed by atoms with Crippen molar-refractivity contribution in [2.24, 2.45) is 0 Å². The number of fused-ring (bicyclic) bond motifs is 16. The highest BCUT2D eigenvalue weighted by molar-refractivity contribution is 7.20. The first-order valence-corrected chi connectivity index (χ1v) is 21.3. The Labute approximate surface area is 345 Å². The Morgan fingerprint density at radius 3 is 2.19 bits per heavy atom. The molecular formula is C55H37NO2S. The van der Waals surface area contributed by atoms with E-state index in [4.69, 9.17) is 8.83 Å². The summed E-state index contributed by atoms with van der Waals surface area (Å²) in [6.45, 7) is 4.76. The van der Waals surface area contributed by atoms with Gasteiger partial charge >= 0.3 is 0 Å². The second kappa shape index (κ2) is 12.1. The summed E-state index contributed by atoms with van der Waals surface area (Å²) in [5.74, 6) is 0. The van der Waals surface area contributed by atoms with Gasteiger partial charge in [-0.05, 0) is 105 Å². The summed E-state index contributed by atoms with van der Waals surface area (Å²) in [7, 11) is 0. The number of hydrogen-bond acceptors (Lipinski definition) is 4. The van der Waals surface area contributed by atoms with Crippen LogP contribution in [-0.2, 0) is 11.8 Å². The summed E-state index contributed by atoms with van der Waals surface area (Å²) in [6.07, 6.45) is 5.69. The second-order valence-corrected chi connectivity index (χ2v) is 17.8. The summed E-state index contributed by atoms with van der Waals surface area (Å²) in [5.41, 5.74) is 14.5. The standard InChI is InChI=1S/C55H37NO2S/c1-55(2)45-26-24-34(56(33-13-4-3-5-14-33)35-25-28-49-42(30-35)38-16-9-11-22-48(38)59-49)31-43(45)51-52(55)40-18-7-6-17-39(40)50-44-29-32(23-27-47(44)58-54(50)51)36-19-12-20-41-37-15-8-10-21-46(37)57-53(36)41/h3-29,31,35H,30H2,1-2H3. The van der Waals surface area contributed by atoms with E-state index in [0.717, 1.165) is 61.4 Å². The van der Waals surface area contributed by atoms with Gasteiger partial charge in [-0.1, -0.05) is 129 Å². The van der Waals surface area contributed by atoms with Crippen LogP contribution in [0.4, 0.5) is 11.4 Å². The Balaban J connectivity index is 1.03. The van der Waals surface area contributed by atoms with Crippen LogP contribution in [0.2, 0.25) is 0 Å². The highest BCUT2D eigenvalue weighted by Gasteiger charge is 2.40. The zero-order valence-corrected chi connectivity index (χ0v) is 33.4. The molecule has 13 rings (SSSR count). The minimum absolute atomic E-state index is 0.146. The quantitative estimate of drug-likeness (QED) is 0.178. The lowest BCUT2D eigenvalue weighted by Crippen LogP contribution is -2.32. The summed E-state index contributed by atoms with van der Waals surface area (Å²) < 4.78 is 15.0. The monoisotopic (exact) mass is 775 g/mol. The molecule has 0 saturated carbocycles. The fourth-order valence-corrected chi connectivity index (χ4v) is 11.7. The largest absolute Gasteiger partial charge is 0.455 e. The van der Waals surface area contributed by atoms with Crippen LogP contribution in [0.5, 0.6) is 0 Å². The molecule has 280 valence electrons. The summed E-state index contributed by atoms with van der Waals surface area (Å²) in [4.78, 5) is 3.91. The molecule has 0 aliphatic heterocycles. The first kappa shape index (κ1) is 33.1. The van der Waals surface area contributed by atoms with Gasteiger partial charge in [-0.25, -0.2) is 0 Å². The average Bonchev–Trinajstić information content (AvgIpc) is 4.02. The van der Waals surface area contributed by atoms with Gasteiger partial charge in [0.25, 0.3) is 0 Å². The van der Waals surface area contributed by atoms with Crippen LogP contribution in [-0.4, -0.2) is 6.04 Å². The molecule has 0 radical (unpaired) electrons. The molecule has 3 heterocycles. The summed E-state index contributed by atoms with van der Waals surface area (Å²) in [6, 6.07) is 57.4. The van der Waals surface area contributed by atoms with Crippen LogP contribution >= 0.6 is 11.3 Å². The summed E-state index contributed by atoms with van der Waals surface area (Å²) in [5, 5.41) is 8.41. The van der Waals surface area contributed by atoms with E-state index in [1.165, 1.54) is 64.9 Å². The minimum Gasteiger partial charge on any atom is -0.455 e. The normalized spacial score (nSPS) is 15.5. The van der Waals surface area contributed by atoms with Crippen molar-refractivity contribution in [2.75, 3.05) is 4.90 Å². The van der Waals surface area contributed by atoms with Gasteiger partial charge < -0.3 is 13.7 Å². The lowest BCUT2D eigenvalue weighted by atomic mass is 9.79. The molecule has 1 unspecified atom stereocenters. The van der Waals surface area contributed by atoms with Crippen LogP contribution in [0.1, 0.15) is 35.4 Å². The fraction of sp³-hybridized carbons (Fsp3) is 0.0909. The smallest absolute Gasteiger partial charge is 0.144 e. The maximum Gasteiger partial charge on any atom is 0.144 e. The van der Waals surface area contributed by atoms with Gasteiger partial charge in [0.15, 0.2) is 0 Å². The SMILES string of the molecule is CC1(C)c2ccc(N(c3ccccc3)C3C=Cc4sc5ccccc5c4C3)cc2-c2c1c1ccccc1c1c2oc2ccc(-c3cccc4c3oc3ccccc34)cc21. The van der Waals surface area contributed by atoms with Crippen molar-refractivity contribution in [3.05, 3.63) is 185 Å². The molecule has 11 aromatic rings. The van der Waals surface area contributed by atoms with Crippen LogP contribution in [0.25, 0.3) is 93.1 Å². The van der Waals surface area contributed by atoms with Gasteiger partial charge in [-0.2, -0.15) is 0 Å². The molecule has 0 spiro atoms. The van der Waals surface area contributed by atoms with Gasteiger partial charge in [0, 0.05) is 59.0 Å². The number of benzene rings is 8. The van der Waals surface area contributed by atoms with Crippen LogP contribution in [0.3, 0.4) is 0 Å². The van der Waals surface area contributed by atoms with Gasteiger partial charge in [0.2, 0.25) is 0 Å². The Kier molecular flexibility index (Phi) is 6.78. The van der Waals surface area contributed by atoms with Gasteiger partial charge in [-0.3, -0.25) is 0 Å². The van der Waals surface area contributed by atoms with Crippen molar-refractivity contribution >= 4 is 93.5 Å². The van der Waals surface area contributed by atoms with E-state index in [1.54, 1.807) is 0 Å². The third-order valence-electron chi connectivity index (χ3n) is 13.2. The first-order valence-electron chi connectivity index (χ1n) is 20.5. The third-order valence-corrected chi connectivity index (χ3v) is 14.4. The maximum absolute atomic E-state index is 7.11. The van der Waals surface area contributed by atoms with Crippen molar-refractivity contribution in [1.29, 1.82) is 0 Å². The van der Waals surface area contributed by atoms with E-state index in [9.17, 15) is 0 Å². The van der Waals surface area contributed by atoms with E-state index in [1.807, 2.05) is 17.4 Å². The zero-order chi connectivity index (χ0) is 39.0. The average molecular weight is 776 g/mol. The van der Waals surface area contributed by atoms with Crippen LogP contribution in [0, 0.1) is 0 Å². The third kappa shape index (κ3) is 4.64. The molecule has 0 N–H and O–H groups in total. The van der Waals surface area contributed by atoms with E-state index >= 15 is 0 Å². The van der Waals surface area contributed by atoms with Crippen molar-refractivity contribution in [3.8, 4) is 22.3 Å². The number of hydrogen-bond donors (Lipinski definition) is 0. The number of anilines is 2. The Morgan fingerprint density at radius 2 is 1.31 bits per heavy atom. The molecule has 3 aromatic heterocycles. The van der Waals surface area contributed by atoms with Crippen molar-refractivity contribution in [1.82, 2.24) is 0 Å². The number of thiophene rings is 1. The van der Waals surface area contributed by atoms with Gasteiger partial charge in [-0.15, -0.1) is 11.3 Å². The molecule has 3 nitrogen and oxygen atoms in total. The molecule has 4 heteroatoms. The lowest BCUT2D eigenvalue weighted by Gasteiger charge is -2.34. The maximum atomic E-state index is 7.11. The van der Waals surface area contributed by atoms with Crippen LogP contribution < -0.4 is 4.90 Å². The number of furan rings is 2. The fourth-order valence-electron chi connectivity index (χ4n) is 10.6. The van der Waals surface area contributed by atoms with Crippen molar-refractivity contribution in [2.45, 2.75) is 31.7 Å². The van der Waals surface area contributed by atoms with E-state index < -0.39 is 0 Å².